The fourth-order valence-electron chi connectivity index (χ4n) is 3.14. The van der Waals surface area contributed by atoms with Crippen LogP contribution in [0.15, 0.2) is 0 Å². The summed E-state index contributed by atoms with van der Waals surface area (Å²) in [5.74, 6) is 1.19. The van der Waals surface area contributed by atoms with Gasteiger partial charge >= 0.3 is 6.03 Å². The van der Waals surface area contributed by atoms with Gasteiger partial charge in [-0.15, -0.1) is 0 Å². The summed E-state index contributed by atoms with van der Waals surface area (Å²) in [6.07, 6.45) is 8.48. The molecule has 0 bridgehead atoms. The number of urea groups is 1. The summed E-state index contributed by atoms with van der Waals surface area (Å²) < 4.78 is 0. The Hall–Kier alpha value is -0.910. The number of amides is 3. The molecule has 6 heteroatoms. The number of nitrogens with one attached hydrogen (secondary N) is 3. The Bertz CT molecular complexity index is 378. The molecule has 0 unspecified atom stereocenters. The topological polar surface area (TPSA) is 70.2 Å². The number of hydrogen-bond acceptors (Lipinski definition) is 3. The Morgan fingerprint density at radius 1 is 1.23 bits per heavy atom. The summed E-state index contributed by atoms with van der Waals surface area (Å²) >= 11 is 1.94. The summed E-state index contributed by atoms with van der Waals surface area (Å²) in [7, 11) is 0. The third kappa shape index (κ3) is 5.38. The normalized spacial score (nSPS) is 26.4. The molecule has 5 nitrogen and oxygen atoms in total. The summed E-state index contributed by atoms with van der Waals surface area (Å²) in [5, 5.41) is 9.47. The Labute approximate surface area is 137 Å². The van der Waals surface area contributed by atoms with E-state index < -0.39 is 0 Å². The first kappa shape index (κ1) is 17.4. The highest BCUT2D eigenvalue weighted by molar-refractivity contribution is 8.00. The van der Waals surface area contributed by atoms with Crippen LogP contribution < -0.4 is 16.0 Å². The van der Waals surface area contributed by atoms with Crippen LogP contribution in [-0.4, -0.2) is 41.6 Å². The van der Waals surface area contributed by atoms with Crippen LogP contribution in [0.2, 0.25) is 0 Å². The van der Waals surface area contributed by atoms with Gasteiger partial charge in [-0.2, -0.15) is 11.8 Å². The van der Waals surface area contributed by atoms with Gasteiger partial charge in [-0.3, -0.25) is 4.79 Å². The molecule has 0 radical (unpaired) electrons. The summed E-state index contributed by atoms with van der Waals surface area (Å²) in [6.45, 7) is 3.01. The smallest absolute Gasteiger partial charge is 0.315 e. The second-order valence-corrected chi connectivity index (χ2v) is 7.55. The second-order valence-electron chi connectivity index (χ2n) is 6.28. The van der Waals surface area contributed by atoms with E-state index in [0.717, 1.165) is 38.0 Å². The molecule has 3 atom stereocenters. The quantitative estimate of drug-likeness (QED) is 0.426. The van der Waals surface area contributed by atoms with Gasteiger partial charge in [0, 0.05) is 24.0 Å². The summed E-state index contributed by atoms with van der Waals surface area (Å²) in [5.41, 5.74) is 0. The number of hydrogen-bond donors (Lipinski definition) is 3. The Morgan fingerprint density at radius 2 is 2.09 bits per heavy atom. The second kappa shape index (κ2) is 9.28. The van der Waals surface area contributed by atoms with Gasteiger partial charge in [-0.1, -0.05) is 32.6 Å². The Morgan fingerprint density at radius 3 is 2.91 bits per heavy atom. The van der Waals surface area contributed by atoms with Crippen molar-refractivity contribution < 1.29 is 9.59 Å². The minimum absolute atomic E-state index is 0.0252. The fourth-order valence-corrected chi connectivity index (χ4v) is 4.69. The molecule has 2 rings (SSSR count). The van der Waals surface area contributed by atoms with Crippen molar-refractivity contribution in [2.24, 2.45) is 0 Å². The summed E-state index contributed by atoms with van der Waals surface area (Å²) in [4.78, 5) is 23.0. The van der Waals surface area contributed by atoms with Crippen LogP contribution in [-0.2, 0) is 4.79 Å². The van der Waals surface area contributed by atoms with Crippen molar-refractivity contribution in [1.29, 1.82) is 0 Å². The van der Waals surface area contributed by atoms with E-state index in [2.05, 4.69) is 22.9 Å². The average molecular weight is 327 g/mol. The molecule has 0 aliphatic carbocycles. The molecule has 2 aliphatic rings. The summed E-state index contributed by atoms with van der Waals surface area (Å²) in [6, 6.07) is 0.557. The maximum absolute atomic E-state index is 11.7. The van der Waals surface area contributed by atoms with Gasteiger partial charge < -0.3 is 16.0 Å². The molecule has 126 valence electrons. The molecule has 3 N–H and O–H groups in total. The van der Waals surface area contributed by atoms with E-state index in [0.29, 0.717) is 17.7 Å². The van der Waals surface area contributed by atoms with Gasteiger partial charge in [0.2, 0.25) is 5.91 Å². The first-order valence-corrected chi connectivity index (χ1v) is 9.71. The molecule has 0 aromatic carbocycles. The Balaban J connectivity index is 1.49. The van der Waals surface area contributed by atoms with Gasteiger partial charge in [0.05, 0.1) is 12.1 Å². The molecule has 0 aromatic heterocycles. The highest BCUT2D eigenvalue weighted by Crippen LogP contribution is 2.33. The third-order valence-electron chi connectivity index (χ3n) is 4.43. The molecular formula is C16H29N3O2S. The van der Waals surface area contributed by atoms with Crippen molar-refractivity contribution in [3.05, 3.63) is 0 Å². The van der Waals surface area contributed by atoms with Crippen molar-refractivity contribution in [3.63, 3.8) is 0 Å². The van der Waals surface area contributed by atoms with Crippen LogP contribution in [0.4, 0.5) is 4.79 Å². The van der Waals surface area contributed by atoms with Crippen molar-refractivity contribution >= 4 is 23.7 Å². The zero-order valence-electron chi connectivity index (χ0n) is 13.5. The lowest BCUT2D eigenvalue weighted by Crippen LogP contribution is -2.36. The first-order chi connectivity index (χ1) is 10.7. The monoisotopic (exact) mass is 327 g/mol. The molecule has 0 aromatic rings. The van der Waals surface area contributed by atoms with Crippen LogP contribution in [0.1, 0.15) is 58.3 Å². The van der Waals surface area contributed by atoms with Gasteiger partial charge in [0.25, 0.3) is 0 Å². The molecule has 2 aliphatic heterocycles. The predicted molar refractivity (Wildman–Crippen MR) is 91.1 cm³/mol. The van der Waals surface area contributed by atoms with Gasteiger partial charge in [0.1, 0.15) is 0 Å². The number of unbranched alkanes of at least 4 members (excludes halogenated alkanes) is 4. The molecule has 0 spiro atoms. The maximum atomic E-state index is 11.7. The van der Waals surface area contributed by atoms with E-state index in [9.17, 15) is 9.59 Å². The van der Waals surface area contributed by atoms with Crippen molar-refractivity contribution in [2.75, 3.05) is 12.3 Å². The van der Waals surface area contributed by atoms with E-state index in [1.165, 1.54) is 19.3 Å². The van der Waals surface area contributed by atoms with Gasteiger partial charge in [0.15, 0.2) is 0 Å². The van der Waals surface area contributed by atoms with Crippen LogP contribution in [0.25, 0.3) is 0 Å². The zero-order valence-corrected chi connectivity index (χ0v) is 14.3. The van der Waals surface area contributed by atoms with Gasteiger partial charge in [-0.25, -0.2) is 4.79 Å². The molecule has 3 amide bonds. The number of rotatable bonds is 10. The molecule has 2 heterocycles. The first-order valence-electron chi connectivity index (χ1n) is 8.66. The van der Waals surface area contributed by atoms with Crippen LogP contribution in [0.3, 0.4) is 0 Å². The molecule has 0 saturated carbocycles. The fraction of sp³-hybridized carbons (Fsp3) is 0.875. The zero-order chi connectivity index (χ0) is 15.8. The Kier molecular flexibility index (Phi) is 7.36. The molecule has 2 fully saturated rings. The van der Waals surface area contributed by atoms with Crippen LogP contribution >= 0.6 is 11.8 Å². The minimum Gasteiger partial charge on any atom is -0.356 e. The van der Waals surface area contributed by atoms with Gasteiger partial charge in [-0.05, 0) is 19.3 Å². The van der Waals surface area contributed by atoms with Crippen molar-refractivity contribution in [2.45, 2.75) is 75.6 Å². The number of carbonyl (C=O) groups excluding carboxylic acids is 2. The lowest BCUT2D eigenvalue weighted by atomic mass is 10.0. The van der Waals surface area contributed by atoms with Crippen molar-refractivity contribution in [3.8, 4) is 0 Å². The van der Waals surface area contributed by atoms with E-state index >= 15 is 0 Å². The third-order valence-corrected chi connectivity index (χ3v) is 5.94. The maximum Gasteiger partial charge on any atom is 0.315 e. The molecule has 22 heavy (non-hydrogen) atoms. The van der Waals surface area contributed by atoms with Crippen LogP contribution in [0.5, 0.6) is 0 Å². The van der Waals surface area contributed by atoms with E-state index in [4.69, 9.17) is 0 Å². The average Bonchev–Trinajstić information content (AvgIpc) is 3.03. The standard InChI is InChI=1S/C16H29N3O2S/c1-2-3-4-7-10-17-14(20)9-6-5-8-13-15-12(11-22-13)18-16(21)19-15/h12-13,15H,2-11H2,1H3,(H,17,20)(H2,18,19,21)/t12-,13-,15-/m0/s1. The minimum atomic E-state index is -0.0252. The number of carbonyl (C=O) groups is 2. The largest absolute Gasteiger partial charge is 0.356 e. The van der Waals surface area contributed by atoms with E-state index in [1.807, 2.05) is 11.8 Å². The SMILES string of the molecule is CCCCCCNC(=O)CCCC[C@@H]1SC[C@@H]2NC(=O)N[C@@H]21. The predicted octanol–water partition coefficient (Wildman–Crippen LogP) is 2.41. The number of fused-ring (bicyclic) bond motifs is 1. The lowest BCUT2D eigenvalue weighted by Gasteiger charge is -2.16. The number of thioether (sulfide) groups is 1. The highest BCUT2D eigenvalue weighted by atomic mass is 32.2. The van der Waals surface area contributed by atoms with E-state index in [-0.39, 0.29) is 18.0 Å². The van der Waals surface area contributed by atoms with E-state index in [1.54, 1.807) is 0 Å². The molecular weight excluding hydrogens is 298 g/mol. The van der Waals surface area contributed by atoms with Crippen LogP contribution in [0, 0.1) is 0 Å². The highest BCUT2D eigenvalue weighted by Gasteiger charge is 2.42. The molecule has 2 saturated heterocycles. The lowest BCUT2D eigenvalue weighted by molar-refractivity contribution is -0.121. The van der Waals surface area contributed by atoms with Crippen molar-refractivity contribution in [1.82, 2.24) is 16.0 Å².